The number of rotatable bonds is 4. The van der Waals surface area contributed by atoms with E-state index in [9.17, 15) is 9.59 Å². The van der Waals surface area contributed by atoms with Crippen LogP contribution in [0.25, 0.3) is 0 Å². The zero-order valence-corrected chi connectivity index (χ0v) is 11.5. The van der Waals surface area contributed by atoms with E-state index >= 15 is 0 Å². The van der Waals surface area contributed by atoms with Crippen molar-refractivity contribution in [2.75, 3.05) is 6.54 Å². The van der Waals surface area contributed by atoms with Gasteiger partial charge in [0.1, 0.15) is 0 Å². The number of thiophene rings is 1. The van der Waals surface area contributed by atoms with Crippen LogP contribution in [0.1, 0.15) is 24.3 Å². The van der Waals surface area contributed by atoms with Crippen molar-refractivity contribution in [1.29, 1.82) is 0 Å². The topological polar surface area (TPSA) is 70.6 Å². The SMILES string of the molecule is Cc1ccsc1/C=N/NC(=O)C(=O)NCC(C)C. The van der Waals surface area contributed by atoms with Crippen LogP contribution in [0.15, 0.2) is 16.5 Å². The van der Waals surface area contributed by atoms with Crippen molar-refractivity contribution in [2.24, 2.45) is 11.0 Å². The monoisotopic (exact) mass is 267 g/mol. The molecular weight excluding hydrogens is 250 g/mol. The summed E-state index contributed by atoms with van der Waals surface area (Å²) in [7, 11) is 0. The molecule has 0 aromatic carbocycles. The third-order valence-electron chi connectivity index (χ3n) is 2.13. The standard InChI is InChI=1S/C12H17N3O2S/c1-8(2)6-13-11(16)12(17)15-14-7-10-9(3)4-5-18-10/h4-5,7-8H,6H2,1-3H3,(H,13,16)(H,15,17)/b14-7+. The average molecular weight is 267 g/mol. The highest BCUT2D eigenvalue weighted by atomic mass is 32.1. The molecule has 1 aromatic heterocycles. The van der Waals surface area contributed by atoms with Crippen LogP contribution < -0.4 is 10.7 Å². The molecule has 0 atom stereocenters. The number of hydrogen-bond acceptors (Lipinski definition) is 4. The molecule has 1 aromatic rings. The Kier molecular flexibility index (Phi) is 5.51. The van der Waals surface area contributed by atoms with Gasteiger partial charge in [0.2, 0.25) is 0 Å². The van der Waals surface area contributed by atoms with E-state index in [4.69, 9.17) is 0 Å². The molecule has 0 unspecified atom stereocenters. The number of amides is 2. The first-order chi connectivity index (χ1) is 8.50. The molecule has 1 rings (SSSR count). The third-order valence-corrected chi connectivity index (χ3v) is 3.08. The largest absolute Gasteiger partial charge is 0.348 e. The lowest BCUT2D eigenvalue weighted by Gasteiger charge is -2.05. The molecule has 1 heterocycles. The van der Waals surface area contributed by atoms with Crippen LogP contribution in [-0.2, 0) is 9.59 Å². The molecule has 0 bridgehead atoms. The molecule has 0 aliphatic heterocycles. The molecule has 0 fully saturated rings. The van der Waals surface area contributed by atoms with Crippen molar-refractivity contribution in [3.63, 3.8) is 0 Å². The third kappa shape index (κ3) is 4.67. The molecule has 18 heavy (non-hydrogen) atoms. The van der Waals surface area contributed by atoms with E-state index in [0.717, 1.165) is 10.4 Å². The lowest BCUT2D eigenvalue weighted by atomic mass is 10.2. The maximum absolute atomic E-state index is 11.3. The summed E-state index contributed by atoms with van der Waals surface area (Å²) in [6, 6.07) is 1.96. The van der Waals surface area contributed by atoms with E-state index in [2.05, 4.69) is 15.8 Å². The van der Waals surface area contributed by atoms with Crippen LogP contribution in [0.2, 0.25) is 0 Å². The number of aryl methyl sites for hydroxylation is 1. The summed E-state index contributed by atoms with van der Waals surface area (Å²) in [4.78, 5) is 23.6. The first-order valence-electron chi connectivity index (χ1n) is 5.66. The molecular formula is C12H17N3O2S. The van der Waals surface area contributed by atoms with Crippen LogP contribution in [-0.4, -0.2) is 24.6 Å². The van der Waals surface area contributed by atoms with Crippen molar-refractivity contribution in [1.82, 2.24) is 10.7 Å². The summed E-state index contributed by atoms with van der Waals surface area (Å²) < 4.78 is 0. The molecule has 0 aliphatic carbocycles. The summed E-state index contributed by atoms with van der Waals surface area (Å²) in [5, 5.41) is 8.20. The van der Waals surface area contributed by atoms with Crippen LogP contribution in [0, 0.1) is 12.8 Å². The van der Waals surface area contributed by atoms with E-state index in [1.54, 1.807) is 0 Å². The van der Waals surface area contributed by atoms with Crippen molar-refractivity contribution in [3.05, 3.63) is 21.9 Å². The maximum Gasteiger partial charge on any atom is 0.329 e. The zero-order valence-electron chi connectivity index (χ0n) is 10.7. The van der Waals surface area contributed by atoms with Gasteiger partial charge in [-0.1, -0.05) is 13.8 Å². The van der Waals surface area contributed by atoms with Gasteiger partial charge >= 0.3 is 11.8 Å². The molecule has 0 radical (unpaired) electrons. The Balaban J connectivity index is 2.39. The van der Waals surface area contributed by atoms with Crippen LogP contribution >= 0.6 is 11.3 Å². The fourth-order valence-electron chi connectivity index (χ4n) is 1.09. The summed E-state index contributed by atoms with van der Waals surface area (Å²) in [6.45, 7) is 6.33. The van der Waals surface area contributed by atoms with Crippen molar-refractivity contribution >= 4 is 29.4 Å². The second-order valence-corrected chi connectivity index (χ2v) is 5.22. The first kappa shape index (κ1) is 14.4. The molecule has 2 N–H and O–H groups in total. The fourth-order valence-corrected chi connectivity index (χ4v) is 1.88. The van der Waals surface area contributed by atoms with E-state index in [0.29, 0.717) is 12.5 Å². The van der Waals surface area contributed by atoms with Gasteiger partial charge in [-0.15, -0.1) is 11.3 Å². The Morgan fingerprint density at radius 1 is 1.44 bits per heavy atom. The van der Waals surface area contributed by atoms with Gasteiger partial charge in [0.25, 0.3) is 0 Å². The van der Waals surface area contributed by atoms with Gasteiger partial charge in [-0.05, 0) is 29.9 Å². The minimum atomic E-state index is -0.749. The first-order valence-corrected chi connectivity index (χ1v) is 6.54. The Morgan fingerprint density at radius 3 is 2.72 bits per heavy atom. The van der Waals surface area contributed by atoms with Gasteiger partial charge in [0, 0.05) is 11.4 Å². The van der Waals surface area contributed by atoms with Gasteiger partial charge < -0.3 is 5.32 Å². The molecule has 6 heteroatoms. The number of nitrogens with one attached hydrogen (secondary N) is 2. The normalized spacial score (nSPS) is 10.9. The summed E-state index contributed by atoms with van der Waals surface area (Å²) in [6.07, 6.45) is 1.54. The number of nitrogens with zero attached hydrogens (tertiary/aromatic N) is 1. The smallest absolute Gasteiger partial charge is 0.329 e. The molecule has 0 aliphatic rings. The predicted molar refractivity (Wildman–Crippen MR) is 72.6 cm³/mol. The Hall–Kier alpha value is -1.69. The highest BCUT2D eigenvalue weighted by molar-refractivity contribution is 7.11. The van der Waals surface area contributed by atoms with Crippen molar-refractivity contribution in [2.45, 2.75) is 20.8 Å². The summed E-state index contributed by atoms with van der Waals surface area (Å²) in [5.74, 6) is -1.11. The number of hydrogen-bond donors (Lipinski definition) is 2. The highest BCUT2D eigenvalue weighted by Gasteiger charge is 2.12. The maximum atomic E-state index is 11.3. The Morgan fingerprint density at radius 2 is 2.17 bits per heavy atom. The lowest BCUT2D eigenvalue weighted by molar-refractivity contribution is -0.139. The highest BCUT2D eigenvalue weighted by Crippen LogP contribution is 2.12. The Bertz CT molecular complexity index is 452. The molecule has 5 nitrogen and oxygen atoms in total. The van der Waals surface area contributed by atoms with E-state index in [1.807, 2.05) is 32.2 Å². The van der Waals surface area contributed by atoms with Gasteiger partial charge in [0.05, 0.1) is 6.21 Å². The molecule has 0 spiro atoms. The average Bonchev–Trinajstić information content (AvgIpc) is 2.72. The van der Waals surface area contributed by atoms with Crippen LogP contribution in [0.3, 0.4) is 0 Å². The molecule has 0 saturated carbocycles. The second-order valence-electron chi connectivity index (χ2n) is 4.27. The quantitative estimate of drug-likeness (QED) is 0.490. The van der Waals surface area contributed by atoms with Gasteiger partial charge in [-0.3, -0.25) is 9.59 Å². The zero-order chi connectivity index (χ0) is 13.5. The van der Waals surface area contributed by atoms with Gasteiger partial charge in [-0.2, -0.15) is 5.10 Å². The van der Waals surface area contributed by atoms with Gasteiger partial charge in [0.15, 0.2) is 0 Å². The van der Waals surface area contributed by atoms with Crippen LogP contribution in [0.5, 0.6) is 0 Å². The van der Waals surface area contributed by atoms with E-state index in [-0.39, 0.29) is 0 Å². The molecule has 2 amide bonds. The predicted octanol–water partition coefficient (Wildman–Crippen LogP) is 1.28. The lowest BCUT2D eigenvalue weighted by Crippen LogP contribution is -2.39. The second kappa shape index (κ2) is 6.90. The van der Waals surface area contributed by atoms with Gasteiger partial charge in [-0.25, -0.2) is 5.43 Å². The van der Waals surface area contributed by atoms with E-state index < -0.39 is 11.8 Å². The van der Waals surface area contributed by atoms with Crippen LogP contribution in [0.4, 0.5) is 0 Å². The number of hydrazone groups is 1. The number of carbonyl (C=O) groups is 2. The minimum Gasteiger partial charge on any atom is -0.348 e. The minimum absolute atomic E-state index is 0.305. The van der Waals surface area contributed by atoms with Crippen molar-refractivity contribution in [3.8, 4) is 0 Å². The van der Waals surface area contributed by atoms with Crippen molar-refractivity contribution < 1.29 is 9.59 Å². The number of carbonyl (C=O) groups excluding carboxylic acids is 2. The fraction of sp³-hybridized carbons (Fsp3) is 0.417. The molecule has 0 saturated heterocycles. The molecule has 98 valence electrons. The summed E-state index contributed by atoms with van der Waals surface area (Å²) in [5.41, 5.74) is 3.28. The van der Waals surface area contributed by atoms with E-state index in [1.165, 1.54) is 17.6 Å². The Labute approximate surface area is 110 Å². The summed E-state index contributed by atoms with van der Waals surface area (Å²) >= 11 is 1.52.